The van der Waals surface area contributed by atoms with Crippen molar-refractivity contribution in [2.75, 3.05) is 22.6 Å². The van der Waals surface area contributed by atoms with Crippen LogP contribution in [0, 0.1) is 19.3 Å². The van der Waals surface area contributed by atoms with Gasteiger partial charge in [0.25, 0.3) is 0 Å². The second-order valence-corrected chi connectivity index (χ2v) is 10.3. The maximum atomic E-state index is 12.4. The average molecular weight is 488 g/mol. The fourth-order valence-electron chi connectivity index (χ4n) is 5.51. The summed E-state index contributed by atoms with van der Waals surface area (Å²) in [5.41, 5.74) is 7.18. The van der Waals surface area contributed by atoms with Crippen LogP contribution in [0.15, 0.2) is 36.4 Å². The zero-order chi connectivity index (χ0) is 26.2. The molecular weight excluding hydrogens is 450 g/mol. The molecule has 0 fully saturated rings. The van der Waals surface area contributed by atoms with E-state index in [4.69, 9.17) is 5.41 Å². The van der Waals surface area contributed by atoms with Gasteiger partial charge in [-0.15, -0.1) is 0 Å². The van der Waals surface area contributed by atoms with E-state index in [2.05, 4.69) is 86.0 Å². The Hall–Kier alpha value is -3.81. The Labute approximate surface area is 213 Å². The van der Waals surface area contributed by atoms with Crippen molar-refractivity contribution in [1.29, 1.82) is 5.41 Å². The standard InChI is InChI=1S/C28H37N7O/c1-17-9-8-10-18(2)25(17)32-26-24(15-29)27(34(7)33-26)31-16-30-22-12-11-21-14-28(5,6)35(20(4)36)19(3)23(21)13-22/h8-13,15,19,29-31H,14,16H2,1-7H3,(H,32,33). The van der Waals surface area contributed by atoms with Gasteiger partial charge in [-0.25, -0.2) is 0 Å². The Morgan fingerprint density at radius 3 is 2.53 bits per heavy atom. The van der Waals surface area contributed by atoms with Gasteiger partial charge in [-0.3, -0.25) is 9.48 Å². The normalized spacial score (nSPS) is 16.3. The molecule has 0 aliphatic carbocycles. The van der Waals surface area contributed by atoms with E-state index in [0.717, 1.165) is 34.7 Å². The van der Waals surface area contributed by atoms with Crippen LogP contribution in [0.1, 0.15) is 61.6 Å². The fourth-order valence-corrected chi connectivity index (χ4v) is 5.51. The highest BCUT2D eigenvalue weighted by atomic mass is 16.2. The van der Waals surface area contributed by atoms with E-state index in [1.54, 1.807) is 11.6 Å². The number of fused-ring (bicyclic) bond motifs is 1. The van der Waals surface area contributed by atoms with Gasteiger partial charge in [0.1, 0.15) is 5.82 Å². The molecule has 2 heterocycles. The van der Waals surface area contributed by atoms with Crippen LogP contribution < -0.4 is 16.0 Å². The molecule has 1 aliphatic heterocycles. The number of aryl methyl sites for hydroxylation is 3. The zero-order valence-corrected chi connectivity index (χ0v) is 22.3. The summed E-state index contributed by atoms with van der Waals surface area (Å²) in [5.74, 6) is 1.49. The number of para-hydroxylation sites is 1. The minimum absolute atomic E-state index is 0.0103. The molecule has 1 aliphatic rings. The maximum absolute atomic E-state index is 12.4. The van der Waals surface area contributed by atoms with Crippen molar-refractivity contribution < 1.29 is 4.79 Å². The molecule has 4 N–H and O–H groups in total. The summed E-state index contributed by atoms with van der Waals surface area (Å²) < 4.78 is 1.75. The van der Waals surface area contributed by atoms with E-state index >= 15 is 0 Å². The minimum atomic E-state index is -0.208. The van der Waals surface area contributed by atoms with Crippen molar-refractivity contribution in [3.63, 3.8) is 0 Å². The highest BCUT2D eigenvalue weighted by molar-refractivity contribution is 5.93. The number of carbonyl (C=O) groups is 1. The number of carbonyl (C=O) groups excluding carboxylic acids is 1. The number of nitrogens with zero attached hydrogens (tertiary/aromatic N) is 3. The summed E-state index contributed by atoms with van der Waals surface area (Å²) in [4.78, 5) is 14.3. The molecule has 8 nitrogen and oxygen atoms in total. The number of aromatic nitrogens is 2. The van der Waals surface area contributed by atoms with Crippen LogP contribution in [0.3, 0.4) is 0 Å². The molecule has 8 heteroatoms. The Morgan fingerprint density at radius 1 is 1.19 bits per heavy atom. The van der Waals surface area contributed by atoms with Crippen LogP contribution in [0.5, 0.6) is 0 Å². The van der Waals surface area contributed by atoms with Crippen LogP contribution in [0.4, 0.5) is 23.0 Å². The summed E-state index contributed by atoms with van der Waals surface area (Å²) in [7, 11) is 1.86. The lowest BCUT2D eigenvalue weighted by Crippen LogP contribution is -2.52. The van der Waals surface area contributed by atoms with Crippen LogP contribution in [-0.4, -0.2) is 39.0 Å². The van der Waals surface area contributed by atoms with Crippen molar-refractivity contribution in [3.8, 4) is 0 Å². The number of rotatable bonds is 7. The van der Waals surface area contributed by atoms with E-state index in [-0.39, 0.29) is 17.5 Å². The van der Waals surface area contributed by atoms with E-state index in [0.29, 0.717) is 18.1 Å². The molecule has 0 radical (unpaired) electrons. The lowest BCUT2D eigenvalue weighted by atomic mass is 9.81. The first-order valence-corrected chi connectivity index (χ1v) is 12.3. The molecule has 2 aromatic carbocycles. The molecule has 4 rings (SSSR count). The van der Waals surface area contributed by atoms with Crippen LogP contribution in [-0.2, 0) is 18.3 Å². The lowest BCUT2D eigenvalue weighted by molar-refractivity contribution is -0.138. The maximum Gasteiger partial charge on any atom is 0.220 e. The van der Waals surface area contributed by atoms with Crippen molar-refractivity contribution in [1.82, 2.24) is 14.7 Å². The SMILES string of the molecule is CC(=O)N1C(C)c2cc(NCNc3c(C=N)c(Nc4c(C)cccc4C)nn3C)ccc2CC1(C)C. The average Bonchev–Trinajstić information content (AvgIpc) is 3.10. The quantitative estimate of drug-likeness (QED) is 0.260. The number of nitrogens with one attached hydrogen (secondary N) is 4. The number of hydrogen-bond donors (Lipinski definition) is 4. The Morgan fingerprint density at radius 2 is 1.89 bits per heavy atom. The second kappa shape index (κ2) is 9.68. The van der Waals surface area contributed by atoms with Crippen molar-refractivity contribution in [2.24, 2.45) is 7.05 Å². The summed E-state index contributed by atoms with van der Waals surface area (Å²) in [6.45, 7) is 12.6. The lowest BCUT2D eigenvalue weighted by Gasteiger charge is -2.47. The molecule has 3 aromatic rings. The van der Waals surface area contributed by atoms with Gasteiger partial charge in [0.15, 0.2) is 5.82 Å². The van der Waals surface area contributed by atoms with Crippen LogP contribution in [0.2, 0.25) is 0 Å². The number of amides is 1. The van der Waals surface area contributed by atoms with E-state index in [1.807, 2.05) is 18.0 Å². The summed E-state index contributed by atoms with van der Waals surface area (Å²) in [6, 6.07) is 12.5. The van der Waals surface area contributed by atoms with Crippen molar-refractivity contribution in [3.05, 3.63) is 64.2 Å². The largest absolute Gasteiger partial charge is 0.368 e. The number of hydrogen-bond acceptors (Lipinski definition) is 6. The smallest absolute Gasteiger partial charge is 0.220 e. The number of benzene rings is 2. The molecule has 1 aromatic heterocycles. The van der Waals surface area contributed by atoms with Crippen LogP contribution >= 0.6 is 0 Å². The monoisotopic (exact) mass is 487 g/mol. The number of anilines is 4. The molecule has 190 valence electrons. The third-order valence-electron chi connectivity index (χ3n) is 7.10. The highest BCUT2D eigenvalue weighted by Gasteiger charge is 2.38. The van der Waals surface area contributed by atoms with E-state index in [9.17, 15) is 4.79 Å². The van der Waals surface area contributed by atoms with Crippen LogP contribution in [0.25, 0.3) is 0 Å². The van der Waals surface area contributed by atoms with Gasteiger partial charge in [0.05, 0.1) is 18.3 Å². The molecule has 0 spiro atoms. The first-order valence-electron chi connectivity index (χ1n) is 12.3. The summed E-state index contributed by atoms with van der Waals surface area (Å²) in [5, 5.41) is 22.9. The predicted molar refractivity (Wildman–Crippen MR) is 148 cm³/mol. The van der Waals surface area contributed by atoms with E-state index < -0.39 is 0 Å². The van der Waals surface area contributed by atoms with Gasteiger partial charge >= 0.3 is 0 Å². The predicted octanol–water partition coefficient (Wildman–Crippen LogP) is 5.50. The third-order valence-corrected chi connectivity index (χ3v) is 7.10. The third kappa shape index (κ3) is 4.67. The topological polar surface area (TPSA) is 98.1 Å². The molecule has 0 saturated heterocycles. The van der Waals surface area contributed by atoms with Gasteiger partial charge in [-0.05, 0) is 75.4 Å². The molecule has 0 saturated carbocycles. The minimum Gasteiger partial charge on any atom is -0.368 e. The Bertz CT molecular complexity index is 1290. The van der Waals surface area contributed by atoms with Gasteiger partial charge in [-0.1, -0.05) is 24.3 Å². The van der Waals surface area contributed by atoms with Gasteiger partial charge < -0.3 is 26.3 Å². The zero-order valence-electron chi connectivity index (χ0n) is 22.3. The molecule has 1 unspecified atom stereocenters. The summed E-state index contributed by atoms with van der Waals surface area (Å²) in [6.07, 6.45) is 2.16. The fraction of sp³-hybridized carbons (Fsp3) is 0.393. The molecular formula is C28H37N7O. The molecule has 1 atom stereocenters. The molecule has 1 amide bonds. The molecule has 0 bridgehead atoms. The van der Waals surface area contributed by atoms with Crippen molar-refractivity contribution >= 4 is 35.1 Å². The summed E-state index contributed by atoms with van der Waals surface area (Å²) >= 11 is 0. The van der Waals surface area contributed by atoms with E-state index in [1.165, 1.54) is 17.3 Å². The Balaban J connectivity index is 1.50. The molecule has 36 heavy (non-hydrogen) atoms. The first-order chi connectivity index (χ1) is 17.0. The van der Waals surface area contributed by atoms with Gasteiger partial charge in [0.2, 0.25) is 5.91 Å². The van der Waals surface area contributed by atoms with Gasteiger partial charge in [0, 0.05) is 37.1 Å². The first kappa shape index (κ1) is 25.3. The second-order valence-electron chi connectivity index (χ2n) is 10.3. The van der Waals surface area contributed by atoms with Gasteiger partial charge in [-0.2, -0.15) is 5.10 Å². The highest BCUT2D eigenvalue weighted by Crippen LogP contribution is 2.39. The van der Waals surface area contributed by atoms with Crippen molar-refractivity contribution in [2.45, 2.75) is 59.5 Å². The Kier molecular flexibility index (Phi) is 6.80.